The Bertz CT molecular complexity index is 592. The van der Waals surface area contributed by atoms with E-state index in [0.29, 0.717) is 6.54 Å². The Morgan fingerprint density at radius 2 is 1.95 bits per heavy atom. The fourth-order valence-electron chi connectivity index (χ4n) is 2.05. The van der Waals surface area contributed by atoms with E-state index in [1.807, 2.05) is 56.4 Å². The average Bonchev–Trinajstić information content (AvgIpc) is 2.38. The van der Waals surface area contributed by atoms with Crippen LogP contribution in [-0.4, -0.2) is 17.9 Å². The Labute approximate surface area is 113 Å². The van der Waals surface area contributed by atoms with E-state index in [9.17, 15) is 0 Å². The molecule has 4 heteroatoms. The van der Waals surface area contributed by atoms with Crippen LogP contribution >= 0.6 is 0 Å². The topological polar surface area (TPSA) is 66.0 Å². The van der Waals surface area contributed by atoms with E-state index in [1.165, 1.54) is 0 Å². The predicted molar refractivity (Wildman–Crippen MR) is 78.5 cm³/mol. The highest BCUT2D eigenvalue weighted by Crippen LogP contribution is 2.20. The smallest absolute Gasteiger partial charge is 0.124 e. The van der Waals surface area contributed by atoms with E-state index in [4.69, 9.17) is 11.1 Å². The molecule has 2 aromatic rings. The lowest BCUT2D eigenvalue weighted by molar-refractivity contribution is 0.875. The van der Waals surface area contributed by atoms with E-state index < -0.39 is 0 Å². The van der Waals surface area contributed by atoms with Gasteiger partial charge in [-0.25, -0.2) is 0 Å². The van der Waals surface area contributed by atoms with Crippen molar-refractivity contribution in [3.8, 4) is 0 Å². The third kappa shape index (κ3) is 3.10. The second-order valence-corrected chi connectivity index (χ2v) is 4.56. The monoisotopic (exact) mass is 254 g/mol. The number of amidine groups is 1. The molecule has 0 bridgehead atoms. The quantitative estimate of drug-likeness (QED) is 0.650. The predicted octanol–water partition coefficient (Wildman–Crippen LogP) is 2.31. The normalized spacial score (nSPS) is 10.2. The highest BCUT2D eigenvalue weighted by molar-refractivity contribution is 6.00. The number of aromatic nitrogens is 1. The maximum Gasteiger partial charge on any atom is 0.124 e. The van der Waals surface area contributed by atoms with Crippen molar-refractivity contribution < 1.29 is 0 Å². The van der Waals surface area contributed by atoms with E-state index in [-0.39, 0.29) is 5.84 Å². The van der Waals surface area contributed by atoms with Gasteiger partial charge in [0.1, 0.15) is 5.84 Å². The molecule has 4 nitrogen and oxygen atoms in total. The summed E-state index contributed by atoms with van der Waals surface area (Å²) in [5, 5.41) is 7.62. The number of hydrogen-bond donors (Lipinski definition) is 2. The van der Waals surface area contributed by atoms with Crippen LogP contribution in [-0.2, 0) is 6.54 Å². The molecule has 0 aliphatic rings. The molecule has 0 atom stereocenters. The zero-order valence-corrected chi connectivity index (χ0v) is 11.2. The number of nitrogens with zero attached hydrogens (tertiary/aromatic N) is 2. The van der Waals surface area contributed by atoms with E-state index >= 15 is 0 Å². The summed E-state index contributed by atoms with van der Waals surface area (Å²) in [6.45, 7) is 2.67. The van der Waals surface area contributed by atoms with Gasteiger partial charge in [0.05, 0.1) is 12.2 Å². The summed E-state index contributed by atoms with van der Waals surface area (Å²) in [7, 11) is 1.98. The first-order valence-electron chi connectivity index (χ1n) is 6.15. The molecule has 19 heavy (non-hydrogen) atoms. The number of nitrogens with two attached hydrogens (primary N) is 1. The summed E-state index contributed by atoms with van der Waals surface area (Å²) < 4.78 is 0. The largest absolute Gasteiger partial charge is 0.384 e. The minimum Gasteiger partial charge on any atom is -0.384 e. The van der Waals surface area contributed by atoms with Gasteiger partial charge in [-0.3, -0.25) is 10.4 Å². The SMILES string of the molecule is Cc1cccc(CN(C)c2ccccc2C(=N)N)n1. The number of para-hydroxylation sites is 1. The van der Waals surface area contributed by atoms with E-state index in [1.54, 1.807) is 0 Å². The first kappa shape index (κ1) is 13.1. The van der Waals surface area contributed by atoms with Gasteiger partial charge in [-0.15, -0.1) is 0 Å². The Kier molecular flexibility index (Phi) is 3.80. The summed E-state index contributed by atoms with van der Waals surface area (Å²) in [5.74, 6) is 0.0830. The first-order valence-corrected chi connectivity index (χ1v) is 6.15. The molecule has 0 saturated heterocycles. The van der Waals surface area contributed by atoms with Crippen LogP contribution in [0.1, 0.15) is 17.0 Å². The summed E-state index contributed by atoms with van der Waals surface area (Å²) in [5.41, 5.74) is 9.31. The van der Waals surface area contributed by atoms with Crippen molar-refractivity contribution in [1.29, 1.82) is 5.41 Å². The van der Waals surface area contributed by atoms with Crippen LogP contribution in [0.3, 0.4) is 0 Å². The molecule has 2 rings (SSSR count). The van der Waals surface area contributed by atoms with Crippen LogP contribution in [0.2, 0.25) is 0 Å². The Balaban J connectivity index is 2.25. The maximum atomic E-state index is 7.62. The lowest BCUT2D eigenvalue weighted by Crippen LogP contribution is -2.22. The Morgan fingerprint density at radius 1 is 1.21 bits per heavy atom. The van der Waals surface area contributed by atoms with Gasteiger partial charge in [0.2, 0.25) is 0 Å². The van der Waals surface area contributed by atoms with Crippen LogP contribution in [0, 0.1) is 12.3 Å². The molecular weight excluding hydrogens is 236 g/mol. The highest BCUT2D eigenvalue weighted by atomic mass is 15.1. The molecule has 0 aliphatic heterocycles. The third-order valence-electron chi connectivity index (χ3n) is 2.95. The molecule has 3 N–H and O–H groups in total. The van der Waals surface area contributed by atoms with Crippen LogP contribution in [0.15, 0.2) is 42.5 Å². The molecule has 0 amide bonds. The fraction of sp³-hybridized carbons (Fsp3) is 0.200. The molecule has 98 valence electrons. The van der Waals surface area contributed by atoms with Crippen molar-refractivity contribution in [3.05, 3.63) is 59.4 Å². The van der Waals surface area contributed by atoms with Crippen LogP contribution in [0.25, 0.3) is 0 Å². The second-order valence-electron chi connectivity index (χ2n) is 4.56. The molecule has 1 heterocycles. The van der Waals surface area contributed by atoms with Gasteiger partial charge >= 0.3 is 0 Å². The molecular formula is C15H18N4. The maximum absolute atomic E-state index is 7.62. The second kappa shape index (κ2) is 5.52. The van der Waals surface area contributed by atoms with Crippen molar-refractivity contribution in [2.24, 2.45) is 5.73 Å². The number of rotatable bonds is 4. The highest BCUT2D eigenvalue weighted by Gasteiger charge is 2.09. The first-order chi connectivity index (χ1) is 9.08. The zero-order chi connectivity index (χ0) is 13.8. The summed E-state index contributed by atoms with van der Waals surface area (Å²) >= 11 is 0. The molecule has 0 saturated carbocycles. The number of nitrogen functional groups attached to an aromatic ring is 1. The van der Waals surface area contributed by atoms with Gasteiger partial charge < -0.3 is 10.6 Å². The lowest BCUT2D eigenvalue weighted by Gasteiger charge is -2.21. The van der Waals surface area contributed by atoms with Gasteiger partial charge in [-0.2, -0.15) is 0 Å². The summed E-state index contributed by atoms with van der Waals surface area (Å²) in [4.78, 5) is 6.54. The van der Waals surface area contributed by atoms with Crippen molar-refractivity contribution in [2.45, 2.75) is 13.5 Å². The van der Waals surface area contributed by atoms with Gasteiger partial charge in [0, 0.05) is 24.0 Å². The van der Waals surface area contributed by atoms with Crippen LogP contribution in [0.5, 0.6) is 0 Å². The number of benzene rings is 1. The summed E-state index contributed by atoms with van der Waals surface area (Å²) in [6.07, 6.45) is 0. The number of pyridine rings is 1. The Morgan fingerprint density at radius 3 is 2.63 bits per heavy atom. The molecule has 0 radical (unpaired) electrons. The van der Waals surface area contributed by atoms with Crippen molar-refractivity contribution >= 4 is 11.5 Å². The standard InChI is InChI=1S/C15H18N4/c1-11-6-5-7-12(18-11)10-19(2)14-9-4-3-8-13(14)15(16)17/h3-9H,10H2,1-2H3,(H3,16,17). The van der Waals surface area contributed by atoms with Crippen molar-refractivity contribution in [2.75, 3.05) is 11.9 Å². The van der Waals surface area contributed by atoms with Crippen LogP contribution in [0.4, 0.5) is 5.69 Å². The molecule has 1 aromatic carbocycles. The van der Waals surface area contributed by atoms with Gasteiger partial charge in [-0.05, 0) is 31.2 Å². The van der Waals surface area contributed by atoms with E-state index in [2.05, 4.69) is 9.88 Å². The van der Waals surface area contributed by atoms with Crippen molar-refractivity contribution in [3.63, 3.8) is 0 Å². The molecule has 0 aliphatic carbocycles. The van der Waals surface area contributed by atoms with Gasteiger partial charge in [-0.1, -0.05) is 18.2 Å². The summed E-state index contributed by atoms with van der Waals surface area (Å²) in [6, 6.07) is 13.6. The van der Waals surface area contributed by atoms with Crippen molar-refractivity contribution in [1.82, 2.24) is 4.98 Å². The Hall–Kier alpha value is -2.36. The lowest BCUT2D eigenvalue weighted by atomic mass is 10.1. The zero-order valence-electron chi connectivity index (χ0n) is 11.2. The molecule has 1 aromatic heterocycles. The fourth-order valence-corrected chi connectivity index (χ4v) is 2.05. The number of nitrogens with one attached hydrogen (secondary N) is 1. The van der Waals surface area contributed by atoms with Gasteiger partial charge in [0.25, 0.3) is 0 Å². The molecule has 0 fully saturated rings. The van der Waals surface area contributed by atoms with Gasteiger partial charge in [0.15, 0.2) is 0 Å². The average molecular weight is 254 g/mol. The molecule has 0 unspecified atom stereocenters. The minimum absolute atomic E-state index is 0.0830. The van der Waals surface area contributed by atoms with E-state index in [0.717, 1.165) is 22.6 Å². The minimum atomic E-state index is 0.0830. The van der Waals surface area contributed by atoms with Crippen LogP contribution < -0.4 is 10.6 Å². The number of anilines is 1. The number of hydrogen-bond acceptors (Lipinski definition) is 3. The number of aryl methyl sites for hydroxylation is 1. The third-order valence-corrected chi connectivity index (χ3v) is 2.95. The molecule has 0 spiro atoms.